The minimum atomic E-state index is -3.75. The Balaban J connectivity index is 1.96. The maximum Gasteiger partial charge on any atom is 0.261 e. The van der Waals surface area contributed by atoms with E-state index in [2.05, 4.69) is 4.72 Å². The second-order valence-corrected chi connectivity index (χ2v) is 8.10. The predicted molar refractivity (Wildman–Crippen MR) is 98.3 cm³/mol. The third kappa shape index (κ3) is 3.69. The number of amides is 1. The summed E-state index contributed by atoms with van der Waals surface area (Å²) in [5.41, 5.74) is 2.47. The van der Waals surface area contributed by atoms with Gasteiger partial charge in [0.2, 0.25) is 0 Å². The number of benzene rings is 2. The Morgan fingerprint density at radius 3 is 2.28 bits per heavy atom. The van der Waals surface area contributed by atoms with Crippen LogP contribution in [0.25, 0.3) is 0 Å². The molecule has 0 unspecified atom stereocenters. The van der Waals surface area contributed by atoms with Crippen LogP contribution in [0.2, 0.25) is 0 Å². The Morgan fingerprint density at radius 1 is 1.00 bits per heavy atom. The number of likely N-dealkylation sites (tertiary alicyclic amines) is 1. The standard InChI is InChI=1S/C19H22N2O3S/c1-14-8-10-16(11-9-14)25(23,24)20-18-15(2)6-5-7-17(18)19(22)21-12-3-4-13-21/h5-11,20H,3-4,12-13H2,1-2H3. The monoisotopic (exact) mass is 358 g/mol. The van der Waals surface area contributed by atoms with Gasteiger partial charge in [0.25, 0.3) is 15.9 Å². The Morgan fingerprint density at radius 2 is 1.64 bits per heavy atom. The van der Waals surface area contributed by atoms with Crippen molar-refractivity contribution in [3.05, 3.63) is 59.2 Å². The van der Waals surface area contributed by atoms with E-state index in [9.17, 15) is 13.2 Å². The maximum absolute atomic E-state index is 12.8. The van der Waals surface area contributed by atoms with Gasteiger partial charge in [-0.15, -0.1) is 0 Å². The molecular weight excluding hydrogens is 336 g/mol. The van der Waals surface area contributed by atoms with Gasteiger partial charge >= 0.3 is 0 Å². The lowest BCUT2D eigenvalue weighted by atomic mass is 10.1. The summed E-state index contributed by atoms with van der Waals surface area (Å²) in [6.45, 7) is 5.14. The van der Waals surface area contributed by atoms with Crippen molar-refractivity contribution < 1.29 is 13.2 Å². The number of nitrogens with zero attached hydrogens (tertiary/aromatic N) is 1. The van der Waals surface area contributed by atoms with Gasteiger partial charge in [-0.25, -0.2) is 8.42 Å². The van der Waals surface area contributed by atoms with Gasteiger partial charge in [0.1, 0.15) is 0 Å². The molecule has 3 rings (SSSR count). The van der Waals surface area contributed by atoms with E-state index in [1.807, 2.05) is 6.92 Å². The SMILES string of the molecule is Cc1ccc(S(=O)(=O)Nc2c(C)cccc2C(=O)N2CCCC2)cc1. The molecule has 0 aromatic heterocycles. The molecule has 0 atom stereocenters. The second kappa shape index (κ2) is 6.88. The molecule has 132 valence electrons. The molecule has 5 nitrogen and oxygen atoms in total. The molecule has 0 radical (unpaired) electrons. The van der Waals surface area contributed by atoms with Gasteiger partial charge in [-0.05, 0) is 50.5 Å². The number of anilines is 1. The highest BCUT2D eigenvalue weighted by molar-refractivity contribution is 7.92. The molecule has 1 saturated heterocycles. The average molecular weight is 358 g/mol. The zero-order chi connectivity index (χ0) is 18.0. The van der Waals surface area contributed by atoms with Gasteiger partial charge in [-0.1, -0.05) is 29.8 Å². The first-order valence-corrected chi connectivity index (χ1v) is 9.85. The van der Waals surface area contributed by atoms with E-state index in [1.54, 1.807) is 54.3 Å². The third-order valence-electron chi connectivity index (χ3n) is 4.46. The predicted octanol–water partition coefficient (Wildman–Crippen LogP) is 3.34. The van der Waals surface area contributed by atoms with Crippen LogP contribution >= 0.6 is 0 Å². The fourth-order valence-corrected chi connectivity index (χ4v) is 4.13. The minimum Gasteiger partial charge on any atom is -0.339 e. The van der Waals surface area contributed by atoms with Gasteiger partial charge in [0, 0.05) is 13.1 Å². The Labute approximate surface area is 148 Å². The van der Waals surface area contributed by atoms with Crippen LogP contribution in [0.4, 0.5) is 5.69 Å². The number of carbonyl (C=O) groups excluding carboxylic acids is 1. The molecule has 25 heavy (non-hydrogen) atoms. The molecule has 6 heteroatoms. The summed E-state index contributed by atoms with van der Waals surface area (Å²) in [5.74, 6) is -0.122. The number of carbonyl (C=O) groups is 1. The van der Waals surface area contributed by atoms with Crippen molar-refractivity contribution in [1.82, 2.24) is 4.90 Å². The number of aryl methyl sites for hydroxylation is 2. The van der Waals surface area contributed by atoms with Crippen molar-refractivity contribution in [2.24, 2.45) is 0 Å². The summed E-state index contributed by atoms with van der Waals surface area (Å²) in [6, 6.07) is 11.9. The van der Waals surface area contributed by atoms with Crippen molar-refractivity contribution in [1.29, 1.82) is 0 Å². The second-order valence-electron chi connectivity index (χ2n) is 6.42. The molecule has 1 amide bonds. The first-order chi connectivity index (χ1) is 11.9. The van der Waals surface area contributed by atoms with Gasteiger partial charge in [-0.2, -0.15) is 0 Å². The Hall–Kier alpha value is -2.34. The van der Waals surface area contributed by atoms with Crippen LogP contribution in [-0.2, 0) is 10.0 Å². The molecule has 1 fully saturated rings. The highest BCUT2D eigenvalue weighted by atomic mass is 32.2. The lowest BCUT2D eigenvalue weighted by molar-refractivity contribution is 0.0794. The number of sulfonamides is 1. The smallest absolute Gasteiger partial charge is 0.261 e. The summed E-state index contributed by atoms with van der Waals surface area (Å²) in [7, 11) is -3.75. The molecule has 2 aromatic carbocycles. The van der Waals surface area contributed by atoms with Crippen molar-refractivity contribution >= 4 is 21.6 Å². The van der Waals surface area contributed by atoms with Gasteiger partial charge < -0.3 is 4.90 Å². The highest BCUT2D eigenvalue weighted by Gasteiger charge is 2.25. The molecule has 1 N–H and O–H groups in total. The fraction of sp³-hybridized carbons (Fsp3) is 0.316. The van der Waals surface area contributed by atoms with E-state index >= 15 is 0 Å². The lowest BCUT2D eigenvalue weighted by Gasteiger charge is -2.19. The zero-order valence-corrected chi connectivity index (χ0v) is 15.3. The average Bonchev–Trinajstić information content (AvgIpc) is 3.11. The van der Waals surface area contributed by atoms with E-state index in [-0.39, 0.29) is 10.8 Å². The molecule has 2 aromatic rings. The quantitative estimate of drug-likeness (QED) is 0.911. The summed E-state index contributed by atoms with van der Waals surface area (Å²) in [4.78, 5) is 14.7. The van der Waals surface area contributed by atoms with Gasteiger partial charge in [-0.3, -0.25) is 9.52 Å². The van der Waals surface area contributed by atoms with Crippen molar-refractivity contribution in [3.63, 3.8) is 0 Å². The minimum absolute atomic E-state index is 0.122. The number of nitrogens with one attached hydrogen (secondary N) is 1. The number of para-hydroxylation sites is 1. The fourth-order valence-electron chi connectivity index (χ4n) is 2.98. The van der Waals surface area contributed by atoms with Crippen molar-refractivity contribution in [2.45, 2.75) is 31.6 Å². The van der Waals surface area contributed by atoms with Crippen molar-refractivity contribution in [2.75, 3.05) is 17.8 Å². The van der Waals surface area contributed by atoms with Crippen LogP contribution in [0.5, 0.6) is 0 Å². The topological polar surface area (TPSA) is 66.5 Å². The number of hydrogen-bond acceptors (Lipinski definition) is 3. The first kappa shape index (κ1) is 17.5. The van der Waals surface area contributed by atoms with E-state index in [1.165, 1.54) is 0 Å². The molecule has 1 heterocycles. The van der Waals surface area contributed by atoms with E-state index in [0.29, 0.717) is 11.3 Å². The summed E-state index contributed by atoms with van der Waals surface area (Å²) in [6.07, 6.45) is 1.98. The van der Waals surface area contributed by atoms with Crippen LogP contribution in [0.1, 0.15) is 34.3 Å². The number of hydrogen-bond donors (Lipinski definition) is 1. The summed E-state index contributed by atoms with van der Waals surface area (Å²) in [5, 5.41) is 0. The molecule has 0 aliphatic carbocycles. The van der Waals surface area contributed by atoms with Gasteiger partial charge in [0.15, 0.2) is 0 Å². The molecule has 1 aliphatic heterocycles. The van der Waals surface area contributed by atoms with Crippen LogP contribution in [-0.4, -0.2) is 32.3 Å². The first-order valence-electron chi connectivity index (χ1n) is 8.37. The molecule has 0 bridgehead atoms. The van der Waals surface area contributed by atoms with Crippen LogP contribution in [0, 0.1) is 13.8 Å². The van der Waals surface area contributed by atoms with Crippen LogP contribution < -0.4 is 4.72 Å². The van der Waals surface area contributed by atoms with E-state index in [4.69, 9.17) is 0 Å². The van der Waals surface area contributed by atoms with Gasteiger partial charge in [0.05, 0.1) is 16.1 Å². The van der Waals surface area contributed by atoms with Crippen LogP contribution in [0.15, 0.2) is 47.4 Å². The molecule has 0 spiro atoms. The zero-order valence-electron chi connectivity index (χ0n) is 14.5. The van der Waals surface area contributed by atoms with E-state index in [0.717, 1.165) is 37.1 Å². The molecule has 1 aliphatic rings. The maximum atomic E-state index is 12.8. The molecule has 0 saturated carbocycles. The highest BCUT2D eigenvalue weighted by Crippen LogP contribution is 2.26. The molecular formula is C19H22N2O3S. The Bertz CT molecular complexity index is 883. The normalized spacial score (nSPS) is 14.6. The lowest BCUT2D eigenvalue weighted by Crippen LogP contribution is -2.29. The number of rotatable bonds is 4. The third-order valence-corrected chi connectivity index (χ3v) is 5.83. The summed E-state index contributed by atoms with van der Waals surface area (Å²) >= 11 is 0. The summed E-state index contributed by atoms with van der Waals surface area (Å²) < 4.78 is 28.1. The van der Waals surface area contributed by atoms with Crippen molar-refractivity contribution in [3.8, 4) is 0 Å². The Kier molecular flexibility index (Phi) is 4.81. The van der Waals surface area contributed by atoms with E-state index < -0.39 is 10.0 Å². The largest absolute Gasteiger partial charge is 0.339 e. The van der Waals surface area contributed by atoms with Crippen LogP contribution in [0.3, 0.4) is 0 Å².